The zero-order valence-electron chi connectivity index (χ0n) is 13.9. The van der Waals surface area contributed by atoms with Crippen LogP contribution in [0.2, 0.25) is 0 Å². The molecule has 0 bridgehead atoms. The van der Waals surface area contributed by atoms with Crippen molar-refractivity contribution in [3.8, 4) is 0 Å². The van der Waals surface area contributed by atoms with Crippen LogP contribution in [0.1, 0.15) is 71.1 Å². The number of aliphatic hydroxyl groups excluding tert-OH is 2. The van der Waals surface area contributed by atoms with E-state index >= 15 is 0 Å². The van der Waals surface area contributed by atoms with Crippen molar-refractivity contribution in [3.05, 3.63) is 0 Å². The van der Waals surface area contributed by atoms with E-state index in [1.807, 2.05) is 0 Å². The van der Waals surface area contributed by atoms with E-state index in [4.69, 9.17) is 10.2 Å². The fourth-order valence-corrected chi connectivity index (χ4v) is 2.66. The first-order chi connectivity index (χ1) is 10.9. The fourth-order valence-electron chi connectivity index (χ4n) is 1.97. The van der Waals surface area contributed by atoms with Crippen molar-refractivity contribution in [1.29, 1.82) is 0 Å². The number of unbranched alkanes of at least 4 members (excludes halogenated alkanes) is 8. The SMILES string of the molecule is CCCCCCCCCCCC(=O)OS(=O)(=O)OCC(O)CO.[NaH]. The van der Waals surface area contributed by atoms with Gasteiger partial charge in [0.15, 0.2) is 0 Å². The van der Waals surface area contributed by atoms with Crippen LogP contribution >= 0.6 is 0 Å². The molecule has 0 aliphatic heterocycles. The second kappa shape index (κ2) is 16.8. The van der Waals surface area contributed by atoms with Gasteiger partial charge in [-0.15, -0.1) is 0 Å². The minimum absolute atomic E-state index is 0. The molecule has 0 aliphatic carbocycles. The van der Waals surface area contributed by atoms with Crippen molar-refractivity contribution in [3.63, 3.8) is 0 Å². The number of carbonyl (C=O) groups excluding carboxylic acids is 1. The van der Waals surface area contributed by atoms with Crippen LogP contribution in [0.4, 0.5) is 0 Å². The summed E-state index contributed by atoms with van der Waals surface area (Å²) in [5.41, 5.74) is 0. The zero-order chi connectivity index (χ0) is 17.6. The fraction of sp³-hybridized carbons (Fsp3) is 0.933. The van der Waals surface area contributed by atoms with Crippen LogP contribution in [0.15, 0.2) is 0 Å². The van der Waals surface area contributed by atoms with Crippen molar-refractivity contribution in [2.75, 3.05) is 13.2 Å². The molecule has 0 amide bonds. The van der Waals surface area contributed by atoms with Crippen LogP contribution < -0.4 is 0 Å². The van der Waals surface area contributed by atoms with Gasteiger partial charge in [0.25, 0.3) is 0 Å². The summed E-state index contributed by atoms with van der Waals surface area (Å²) >= 11 is 0. The quantitative estimate of drug-likeness (QED) is 0.327. The number of rotatable bonds is 15. The third-order valence-electron chi connectivity index (χ3n) is 3.29. The zero-order valence-corrected chi connectivity index (χ0v) is 14.7. The van der Waals surface area contributed by atoms with Crippen LogP contribution in [0.3, 0.4) is 0 Å². The molecule has 24 heavy (non-hydrogen) atoms. The van der Waals surface area contributed by atoms with E-state index in [0.717, 1.165) is 19.3 Å². The van der Waals surface area contributed by atoms with Crippen LogP contribution in [-0.4, -0.2) is 73.5 Å². The Hall–Kier alpha value is 0.300. The van der Waals surface area contributed by atoms with Crippen LogP contribution in [0.5, 0.6) is 0 Å². The summed E-state index contributed by atoms with van der Waals surface area (Å²) < 4.78 is 31.0. The van der Waals surface area contributed by atoms with Gasteiger partial charge < -0.3 is 14.4 Å². The molecule has 1 unspecified atom stereocenters. The monoisotopic (exact) mass is 378 g/mol. The van der Waals surface area contributed by atoms with Crippen molar-refractivity contribution in [1.82, 2.24) is 0 Å². The molecule has 0 fully saturated rings. The molecular weight excluding hydrogens is 347 g/mol. The number of aliphatic hydroxyl groups is 2. The van der Waals surface area contributed by atoms with Gasteiger partial charge in [0.2, 0.25) is 0 Å². The summed E-state index contributed by atoms with van der Waals surface area (Å²) in [6.45, 7) is 0.894. The Morgan fingerprint density at radius 3 is 2.00 bits per heavy atom. The number of carbonyl (C=O) groups is 1. The molecule has 2 N–H and O–H groups in total. The van der Waals surface area contributed by atoms with Gasteiger partial charge in [0, 0.05) is 6.42 Å². The first-order valence-electron chi connectivity index (χ1n) is 8.32. The van der Waals surface area contributed by atoms with Crippen molar-refractivity contribution in [2.24, 2.45) is 0 Å². The van der Waals surface area contributed by atoms with Gasteiger partial charge in [-0.25, -0.2) is 4.18 Å². The van der Waals surface area contributed by atoms with Gasteiger partial charge >= 0.3 is 45.9 Å². The Bertz CT molecular complexity index is 401. The van der Waals surface area contributed by atoms with Crippen molar-refractivity contribution in [2.45, 2.75) is 77.2 Å². The van der Waals surface area contributed by atoms with Crippen LogP contribution in [0.25, 0.3) is 0 Å². The molecule has 140 valence electrons. The van der Waals surface area contributed by atoms with E-state index < -0.39 is 35.7 Å². The summed E-state index contributed by atoms with van der Waals surface area (Å²) in [4.78, 5) is 11.4. The maximum atomic E-state index is 11.4. The summed E-state index contributed by atoms with van der Waals surface area (Å²) in [5, 5.41) is 17.5. The molecule has 0 aromatic rings. The van der Waals surface area contributed by atoms with E-state index in [0.29, 0.717) is 6.42 Å². The molecule has 7 nitrogen and oxygen atoms in total. The topological polar surface area (TPSA) is 110 Å². The molecule has 0 spiro atoms. The summed E-state index contributed by atoms with van der Waals surface area (Å²) in [7, 11) is -4.47. The first-order valence-corrected chi connectivity index (χ1v) is 9.65. The molecule has 0 rings (SSSR count). The second-order valence-electron chi connectivity index (χ2n) is 5.56. The second-order valence-corrected chi connectivity index (χ2v) is 6.78. The Labute approximate surface area is 167 Å². The molecule has 0 heterocycles. The standard InChI is InChI=1S/C15H30O7S.Na.H/c1-2-3-4-5-6-7-8-9-10-11-15(18)22-23(19,20)21-13-14(17)12-16;;/h14,16-17H,2-13H2,1H3;;. The molecule has 0 saturated carbocycles. The Morgan fingerprint density at radius 1 is 1.00 bits per heavy atom. The molecule has 0 saturated heterocycles. The molecule has 0 aromatic carbocycles. The normalized spacial score (nSPS) is 12.5. The molecule has 0 aromatic heterocycles. The van der Waals surface area contributed by atoms with Gasteiger partial charge in [0.1, 0.15) is 6.10 Å². The molecule has 9 heteroatoms. The summed E-state index contributed by atoms with van der Waals surface area (Å²) in [5.74, 6) is -0.869. The Morgan fingerprint density at radius 2 is 1.50 bits per heavy atom. The van der Waals surface area contributed by atoms with Crippen molar-refractivity contribution >= 4 is 45.9 Å². The first kappa shape index (κ1) is 26.5. The van der Waals surface area contributed by atoms with Crippen LogP contribution in [0, 0.1) is 0 Å². The Balaban J connectivity index is 0. The van der Waals surface area contributed by atoms with E-state index in [2.05, 4.69) is 15.3 Å². The van der Waals surface area contributed by atoms with Crippen molar-refractivity contribution < 1.29 is 31.8 Å². The van der Waals surface area contributed by atoms with Gasteiger partial charge in [-0.1, -0.05) is 58.3 Å². The molecular formula is C15H31NaO7S. The van der Waals surface area contributed by atoms with E-state index in [-0.39, 0.29) is 36.0 Å². The van der Waals surface area contributed by atoms with Gasteiger partial charge in [0.05, 0.1) is 13.2 Å². The summed E-state index contributed by atoms with van der Waals surface area (Å²) in [6.07, 6.45) is 8.46. The molecule has 0 radical (unpaired) electrons. The predicted molar refractivity (Wildman–Crippen MR) is 93.0 cm³/mol. The van der Waals surface area contributed by atoms with Gasteiger partial charge in [-0.3, -0.25) is 4.79 Å². The average molecular weight is 378 g/mol. The number of hydrogen-bond acceptors (Lipinski definition) is 7. The van der Waals surface area contributed by atoms with E-state index in [1.54, 1.807) is 0 Å². The predicted octanol–water partition coefficient (Wildman–Crippen LogP) is 1.42. The van der Waals surface area contributed by atoms with E-state index in [1.165, 1.54) is 32.1 Å². The minimum atomic E-state index is -4.47. The van der Waals surface area contributed by atoms with Gasteiger partial charge in [-0.05, 0) is 6.42 Å². The van der Waals surface area contributed by atoms with Gasteiger partial charge in [-0.2, -0.15) is 8.42 Å². The average Bonchev–Trinajstić information content (AvgIpc) is 2.50. The Kier molecular flexibility index (Phi) is 18.5. The molecule has 0 aliphatic rings. The molecule has 1 atom stereocenters. The van der Waals surface area contributed by atoms with E-state index in [9.17, 15) is 13.2 Å². The summed E-state index contributed by atoms with van der Waals surface area (Å²) in [6, 6.07) is 0. The number of hydrogen-bond donors (Lipinski definition) is 2. The third-order valence-corrected chi connectivity index (χ3v) is 4.11. The third kappa shape index (κ3) is 17.1. The van der Waals surface area contributed by atoms with Crippen LogP contribution in [-0.2, 0) is 23.6 Å². The maximum absolute atomic E-state index is 11.4.